The smallest absolute Gasteiger partial charge is 0.317 e. The second kappa shape index (κ2) is 6.77. The van der Waals surface area contributed by atoms with Crippen molar-refractivity contribution in [1.82, 2.24) is 10.2 Å². The fourth-order valence-corrected chi connectivity index (χ4v) is 3.13. The quantitative estimate of drug-likeness (QED) is 0.948. The molecule has 0 spiro atoms. The number of hydrogen-bond donors (Lipinski definition) is 1. The van der Waals surface area contributed by atoms with E-state index in [0.29, 0.717) is 6.54 Å². The molecule has 2 heterocycles. The summed E-state index contributed by atoms with van der Waals surface area (Å²) in [6.45, 7) is 7.91. The molecule has 2 amide bonds. The van der Waals surface area contributed by atoms with Crippen molar-refractivity contribution >= 4 is 11.7 Å². The minimum Gasteiger partial charge on any atom is -0.467 e. The number of aryl methyl sites for hydroxylation is 2. The Morgan fingerprint density at radius 2 is 1.78 bits per heavy atom. The lowest BCUT2D eigenvalue weighted by Gasteiger charge is -2.37. The van der Waals surface area contributed by atoms with Crippen LogP contribution in [0, 0.1) is 13.8 Å². The van der Waals surface area contributed by atoms with Crippen LogP contribution >= 0.6 is 0 Å². The monoisotopic (exact) mass is 313 g/mol. The number of carbonyl (C=O) groups excluding carboxylic acids is 1. The van der Waals surface area contributed by atoms with Crippen molar-refractivity contribution in [3.05, 3.63) is 53.5 Å². The number of piperazine rings is 1. The molecule has 0 radical (unpaired) electrons. The zero-order valence-electron chi connectivity index (χ0n) is 13.7. The van der Waals surface area contributed by atoms with Gasteiger partial charge in [-0.3, -0.25) is 0 Å². The van der Waals surface area contributed by atoms with Crippen LogP contribution in [-0.4, -0.2) is 37.1 Å². The van der Waals surface area contributed by atoms with E-state index in [1.54, 1.807) is 6.26 Å². The van der Waals surface area contributed by atoms with Gasteiger partial charge in [0.05, 0.1) is 12.8 Å². The minimum atomic E-state index is -0.0254. The van der Waals surface area contributed by atoms with Gasteiger partial charge in [0.25, 0.3) is 0 Å². The van der Waals surface area contributed by atoms with Crippen LogP contribution < -0.4 is 10.2 Å². The molecule has 3 rings (SSSR count). The van der Waals surface area contributed by atoms with Gasteiger partial charge in [0.15, 0.2) is 0 Å². The lowest BCUT2D eigenvalue weighted by molar-refractivity contribution is 0.193. The van der Waals surface area contributed by atoms with Gasteiger partial charge in [-0.2, -0.15) is 0 Å². The van der Waals surface area contributed by atoms with Crippen molar-refractivity contribution < 1.29 is 9.21 Å². The molecule has 1 saturated heterocycles. The van der Waals surface area contributed by atoms with E-state index in [1.165, 1.54) is 16.8 Å². The van der Waals surface area contributed by atoms with Gasteiger partial charge in [0.1, 0.15) is 5.76 Å². The van der Waals surface area contributed by atoms with E-state index in [9.17, 15) is 4.79 Å². The summed E-state index contributed by atoms with van der Waals surface area (Å²) in [7, 11) is 0. The van der Waals surface area contributed by atoms with Gasteiger partial charge in [-0.15, -0.1) is 0 Å². The lowest BCUT2D eigenvalue weighted by Crippen LogP contribution is -2.52. The van der Waals surface area contributed by atoms with Crippen LogP contribution in [0.3, 0.4) is 0 Å². The largest absolute Gasteiger partial charge is 0.467 e. The number of nitrogens with zero attached hydrogens (tertiary/aromatic N) is 2. The van der Waals surface area contributed by atoms with Crippen molar-refractivity contribution in [2.45, 2.75) is 20.4 Å². The fourth-order valence-electron chi connectivity index (χ4n) is 3.13. The van der Waals surface area contributed by atoms with Gasteiger partial charge in [-0.25, -0.2) is 4.79 Å². The Bertz CT molecular complexity index is 639. The number of benzene rings is 1. The fraction of sp³-hybridized carbons (Fsp3) is 0.389. The highest BCUT2D eigenvalue weighted by atomic mass is 16.3. The summed E-state index contributed by atoms with van der Waals surface area (Å²) in [5.74, 6) is 0.771. The molecule has 1 N–H and O–H groups in total. The van der Waals surface area contributed by atoms with Crippen molar-refractivity contribution in [2.75, 3.05) is 31.1 Å². The van der Waals surface area contributed by atoms with E-state index in [2.05, 4.69) is 42.3 Å². The molecule has 5 nitrogen and oxygen atoms in total. The highest BCUT2D eigenvalue weighted by Gasteiger charge is 2.22. The van der Waals surface area contributed by atoms with Crippen LogP contribution in [0.1, 0.15) is 16.9 Å². The van der Waals surface area contributed by atoms with Gasteiger partial charge in [-0.1, -0.05) is 18.2 Å². The van der Waals surface area contributed by atoms with Gasteiger partial charge >= 0.3 is 6.03 Å². The molecular formula is C18H23N3O2. The number of hydrogen-bond acceptors (Lipinski definition) is 3. The Hall–Kier alpha value is -2.43. The molecule has 1 aromatic carbocycles. The van der Waals surface area contributed by atoms with Gasteiger partial charge in [-0.05, 0) is 37.1 Å². The Morgan fingerprint density at radius 1 is 1.09 bits per heavy atom. The van der Waals surface area contributed by atoms with E-state index in [-0.39, 0.29) is 6.03 Å². The number of para-hydroxylation sites is 1. The Morgan fingerprint density at radius 3 is 2.39 bits per heavy atom. The molecule has 1 aliphatic rings. The highest BCUT2D eigenvalue weighted by molar-refractivity contribution is 5.74. The maximum absolute atomic E-state index is 12.2. The summed E-state index contributed by atoms with van der Waals surface area (Å²) in [5.41, 5.74) is 3.89. The van der Waals surface area contributed by atoms with Gasteiger partial charge in [0.2, 0.25) is 0 Å². The van der Waals surface area contributed by atoms with Gasteiger partial charge in [0, 0.05) is 31.9 Å². The number of furan rings is 1. The second-order valence-corrected chi connectivity index (χ2v) is 5.95. The normalized spacial score (nSPS) is 14.9. The van der Waals surface area contributed by atoms with E-state index >= 15 is 0 Å². The zero-order valence-corrected chi connectivity index (χ0v) is 13.7. The Kier molecular flexibility index (Phi) is 4.55. The summed E-state index contributed by atoms with van der Waals surface area (Å²) in [5, 5.41) is 2.91. The number of nitrogens with one attached hydrogen (secondary N) is 1. The van der Waals surface area contributed by atoms with Crippen LogP contribution in [0.25, 0.3) is 0 Å². The third-order valence-corrected chi connectivity index (χ3v) is 4.32. The first-order valence-electron chi connectivity index (χ1n) is 8.01. The van der Waals surface area contributed by atoms with Crippen LogP contribution in [0.15, 0.2) is 41.0 Å². The number of amides is 2. The van der Waals surface area contributed by atoms with E-state index in [1.807, 2.05) is 17.0 Å². The first-order chi connectivity index (χ1) is 11.1. The number of carbonyl (C=O) groups is 1. The molecule has 0 bridgehead atoms. The summed E-state index contributed by atoms with van der Waals surface area (Å²) >= 11 is 0. The topological polar surface area (TPSA) is 48.7 Å². The number of anilines is 1. The molecule has 0 atom stereocenters. The minimum absolute atomic E-state index is 0.0254. The lowest BCUT2D eigenvalue weighted by atomic mass is 10.1. The summed E-state index contributed by atoms with van der Waals surface area (Å²) in [6.07, 6.45) is 1.62. The van der Waals surface area contributed by atoms with E-state index in [0.717, 1.165) is 31.9 Å². The van der Waals surface area contributed by atoms with Crippen LogP contribution in [-0.2, 0) is 6.54 Å². The molecule has 2 aromatic rings. The standard InChI is InChI=1S/C18H23N3O2/c1-14-5-3-6-15(2)17(14)20-8-10-21(11-9-20)18(22)19-13-16-7-4-12-23-16/h3-7,12H,8-11,13H2,1-2H3,(H,19,22). The van der Waals surface area contributed by atoms with Crippen LogP contribution in [0.4, 0.5) is 10.5 Å². The van der Waals surface area contributed by atoms with E-state index < -0.39 is 0 Å². The molecule has 0 saturated carbocycles. The van der Waals surface area contributed by atoms with Crippen LogP contribution in [0.2, 0.25) is 0 Å². The first kappa shape index (κ1) is 15.5. The molecule has 5 heteroatoms. The molecule has 1 aliphatic heterocycles. The predicted octanol–water partition coefficient (Wildman–Crippen LogP) is 2.93. The summed E-state index contributed by atoms with van der Waals surface area (Å²) in [6, 6.07) is 10.0. The summed E-state index contributed by atoms with van der Waals surface area (Å²) < 4.78 is 5.23. The predicted molar refractivity (Wildman–Crippen MR) is 90.6 cm³/mol. The Balaban J connectivity index is 1.55. The summed E-state index contributed by atoms with van der Waals surface area (Å²) in [4.78, 5) is 16.5. The molecule has 0 aliphatic carbocycles. The van der Waals surface area contributed by atoms with Crippen molar-refractivity contribution in [3.8, 4) is 0 Å². The first-order valence-corrected chi connectivity index (χ1v) is 8.01. The molecular weight excluding hydrogens is 290 g/mol. The highest BCUT2D eigenvalue weighted by Crippen LogP contribution is 2.25. The van der Waals surface area contributed by atoms with Crippen LogP contribution in [0.5, 0.6) is 0 Å². The molecule has 23 heavy (non-hydrogen) atoms. The Labute approximate surface area is 136 Å². The molecule has 1 aromatic heterocycles. The van der Waals surface area contributed by atoms with Crippen molar-refractivity contribution in [3.63, 3.8) is 0 Å². The SMILES string of the molecule is Cc1cccc(C)c1N1CCN(C(=O)NCc2ccco2)CC1. The zero-order chi connectivity index (χ0) is 16.2. The molecule has 122 valence electrons. The number of urea groups is 1. The maximum atomic E-state index is 12.2. The molecule has 0 unspecified atom stereocenters. The third-order valence-electron chi connectivity index (χ3n) is 4.32. The van der Waals surface area contributed by atoms with Gasteiger partial charge < -0.3 is 19.5 Å². The second-order valence-electron chi connectivity index (χ2n) is 5.95. The van der Waals surface area contributed by atoms with Crippen molar-refractivity contribution in [2.24, 2.45) is 0 Å². The molecule has 1 fully saturated rings. The maximum Gasteiger partial charge on any atom is 0.317 e. The number of rotatable bonds is 3. The third kappa shape index (κ3) is 3.50. The average Bonchev–Trinajstić information content (AvgIpc) is 3.06. The van der Waals surface area contributed by atoms with E-state index in [4.69, 9.17) is 4.42 Å². The average molecular weight is 313 g/mol. The van der Waals surface area contributed by atoms with Crippen molar-refractivity contribution in [1.29, 1.82) is 0 Å².